The lowest BCUT2D eigenvalue weighted by atomic mass is 9.90. The highest BCUT2D eigenvalue weighted by Crippen LogP contribution is 2.33. The summed E-state index contributed by atoms with van der Waals surface area (Å²) in [6.07, 6.45) is 15.2. The first-order valence-electron chi connectivity index (χ1n) is 11.4. The first kappa shape index (κ1) is 25.6. The normalized spacial score (nSPS) is 23.3. The van der Waals surface area contributed by atoms with Gasteiger partial charge in [-0.15, -0.1) is 0 Å². The van der Waals surface area contributed by atoms with Crippen LogP contribution in [0.3, 0.4) is 0 Å². The third kappa shape index (κ3) is 10.8. The van der Waals surface area contributed by atoms with Gasteiger partial charge >= 0.3 is 5.97 Å². The molecule has 0 bridgehead atoms. The summed E-state index contributed by atoms with van der Waals surface area (Å²) in [7, 11) is 0. The first-order valence-corrected chi connectivity index (χ1v) is 11.4. The molecule has 0 radical (unpaired) electrons. The third-order valence-corrected chi connectivity index (χ3v) is 5.43. The van der Waals surface area contributed by atoms with Crippen LogP contribution in [-0.2, 0) is 14.3 Å². The number of allylic oxidation sites excluding steroid dienone is 2. The molecule has 0 saturated heterocycles. The summed E-state index contributed by atoms with van der Waals surface area (Å²) in [5.74, 6) is -0.461. The molecule has 0 amide bonds. The van der Waals surface area contributed by atoms with Crippen LogP contribution < -0.4 is 0 Å². The van der Waals surface area contributed by atoms with Gasteiger partial charge in [-0.1, -0.05) is 57.4 Å². The van der Waals surface area contributed by atoms with E-state index in [1.165, 1.54) is 0 Å². The van der Waals surface area contributed by atoms with Crippen LogP contribution in [0, 0.1) is 11.8 Å². The third-order valence-electron chi connectivity index (χ3n) is 5.43. The molecule has 0 spiro atoms. The van der Waals surface area contributed by atoms with Crippen LogP contribution in [0.25, 0.3) is 0 Å². The highest BCUT2D eigenvalue weighted by Gasteiger charge is 2.39. The minimum atomic E-state index is -0.655. The Hall–Kier alpha value is -1.46. The molecule has 1 aliphatic rings. The van der Waals surface area contributed by atoms with Crippen LogP contribution in [0.1, 0.15) is 84.5 Å². The summed E-state index contributed by atoms with van der Waals surface area (Å²) in [5.41, 5.74) is 0. The molecular weight excluding hydrogens is 368 g/mol. The molecule has 0 aromatic carbocycles. The number of aliphatic hydroxyl groups excluding tert-OH is 2. The maximum atomic E-state index is 12.2. The highest BCUT2D eigenvalue weighted by molar-refractivity contribution is 5.84. The van der Waals surface area contributed by atoms with Crippen LogP contribution in [0.2, 0.25) is 0 Å². The monoisotopic (exact) mass is 408 g/mol. The quantitative estimate of drug-likeness (QED) is 0.237. The number of aliphatic hydroxyl groups is 2. The van der Waals surface area contributed by atoms with Crippen LogP contribution in [-0.4, -0.2) is 40.8 Å². The lowest BCUT2D eigenvalue weighted by Crippen LogP contribution is -2.18. The number of hydrogen-bond acceptors (Lipinski definition) is 5. The van der Waals surface area contributed by atoms with Gasteiger partial charge in [-0.05, 0) is 38.5 Å². The van der Waals surface area contributed by atoms with Crippen molar-refractivity contribution in [1.29, 1.82) is 0 Å². The molecule has 1 rings (SSSR count). The SMILES string of the molecule is CCCCC[C@H](O)/C=C/[C@H]1[C@H](O)CC(=O)[C@@H]1C/C=C\CCCCOC(=O)CCC. The van der Waals surface area contributed by atoms with Gasteiger partial charge in [0.1, 0.15) is 5.78 Å². The number of ether oxygens (including phenoxy) is 1. The molecule has 166 valence electrons. The number of esters is 1. The summed E-state index contributed by atoms with van der Waals surface area (Å²) >= 11 is 0. The summed E-state index contributed by atoms with van der Waals surface area (Å²) in [5, 5.41) is 20.3. The largest absolute Gasteiger partial charge is 0.466 e. The molecule has 1 fully saturated rings. The summed E-state index contributed by atoms with van der Waals surface area (Å²) in [6.45, 7) is 4.55. The number of rotatable bonds is 15. The van der Waals surface area contributed by atoms with Gasteiger partial charge in [-0.25, -0.2) is 0 Å². The number of carbonyl (C=O) groups excluding carboxylic acids is 2. The fourth-order valence-corrected chi connectivity index (χ4v) is 3.67. The smallest absolute Gasteiger partial charge is 0.305 e. The summed E-state index contributed by atoms with van der Waals surface area (Å²) in [4.78, 5) is 23.5. The molecule has 2 N–H and O–H groups in total. The van der Waals surface area contributed by atoms with Crippen LogP contribution in [0.15, 0.2) is 24.3 Å². The molecule has 0 aliphatic heterocycles. The first-order chi connectivity index (χ1) is 14.0. The van der Waals surface area contributed by atoms with Gasteiger partial charge in [0.15, 0.2) is 0 Å². The van der Waals surface area contributed by atoms with Crippen LogP contribution >= 0.6 is 0 Å². The molecule has 5 heteroatoms. The minimum Gasteiger partial charge on any atom is -0.466 e. The van der Waals surface area contributed by atoms with Crippen molar-refractivity contribution in [3.8, 4) is 0 Å². The number of unbranched alkanes of at least 4 members (excludes halogenated alkanes) is 4. The van der Waals surface area contributed by atoms with E-state index in [1.807, 2.05) is 19.1 Å². The molecule has 0 heterocycles. The predicted octanol–water partition coefficient (Wildman–Crippen LogP) is 4.51. The molecule has 1 saturated carbocycles. The fourth-order valence-electron chi connectivity index (χ4n) is 3.67. The van der Waals surface area contributed by atoms with E-state index in [1.54, 1.807) is 6.08 Å². The fraction of sp³-hybridized carbons (Fsp3) is 0.750. The highest BCUT2D eigenvalue weighted by atomic mass is 16.5. The van der Waals surface area contributed by atoms with E-state index in [0.717, 1.165) is 51.4 Å². The second-order valence-corrected chi connectivity index (χ2v) is 8.04. The second kappa shape index (κ2) is 15.4. The van der Waals surface area contributed by atoms with Crippen LogP contribution in [0.4, 0.5) is 0 Å². The second-order valence-electron chi connectivity index (χ2n) is 8.04. The molecule has 5 nitrogen and oxygen atoms in total. The Balaban J connectivity index is 2.33. The zero-order valence-corrected chi connectivity index (χ0v) is 18.2. The van der Waals surface area contributed by atoms with E-state index in [9.17, 15) is 19.8 Å². The average Bonchev–Trinajstić information content (AvgIpc) is 2.95. The van der Waals surface area contributed by atoms with E-state index in [2.05, 4.69) is 13.0 Å². The minimum absolute atomic E-state index is 0.0973. The molecule has 4 atom stereocenters. The maximum Gasteiger partial charge on any atom is 0.305 e. The topological polar surface area (TPSA) is 83.8 Å². The number of Topliss-reactive ketones (excluding diaryl/α,β-unsaturated/α-hetero) is 1. The van der Waals surface area contributed by atoms with Crippen molar-refractivity contribution in [2.75, 3.05) is 6.61 Å². The number of carbonyl (C=O) groups is 2. The van der Waals surface area contributed by atoms with Gasteiger partial charge in [0.25, 0.3) is 0 Å². The van der Waals surface area contributed by atoms with E-state index in [-0.39, 0.29) is 30.0 Å². The van der Waals surface area contributed by atoms with Crippen molar-refractivity contribution in [2.24, 2.45) is 11.8 Å². The Labute approximate surface area is 176 Å². The van der Waals surface area contributed by atoms with Crippen LogP contribution in [0.5, 0.6) is 0 Å². The predicted molar refractivity (Wildman–Crippen MR) is 115 cm³/mol. The van der Waals surface area contributed by atoms with Gasteiger partial charge in [-0.2, -0.15) is 0 Å². The van der Waals surface area contributed by atoms with E-state index in [4.69, 9.17) is 4.74 Å². The lowest BCUT2D eigenvalue weighted by Gasteiger charge is -2.16. The van der Waals surface area contributed by atoms with E-state index >= 15 is 0 Å². The summed E-state index contributed by atoms with van der Waals surface area (Å²) in [6, 6.07) is 0. The van der Waals surface area contributed by atoms with Crippen molar-refractivity contribution in [3.63, 3.8) is 0 Å². The average molecular weight is 409 g/mol. The number of ketones is 1. The molecule has 0 aromatic rings. The lowest BCUT2D eigenvalue weighted by molar-refractivity contribution is -0.143. The zero-order valence-electron chi connectivity index (χ0n) is 18.2. The Morgan fingerprint density at radius 3 is 2.69 bits per heavy atom. The van der Waals surface area contributed by atoms with Crippen molar-refractivity contribution in [1.82, 2.24) is 0 Å². The molecule has 29 heavy (non-hydrogen) atoms. The Bertz CT molecular complexity index is 525. The zero-order chi connectivity index (χ0) is 21.5. The van der Waals surface area contributed by atoms with Crippen molar-refractivity contribution >= 4 is 11.8 Å². The van der Waals surface area contributed by atoms with Gasteiger partial charge in [0.2, 0.25) is 0 Å². The van der Waals surface area contributed by atoms with Gasteiger partial charge in [0, 0.05) is 24.7 Å². The van der Waals surface area contributed by atoms with Crippen molar-refractivity contribution in [2.45, 2.75) is 96.7 Å². The molecule has 0 aromatic heterocycles. The Kier molecular flexibility index (Phi) is 13.6. The Morgan fingerprint density at radius 1 is 1.17 bits per heavy atom. The number of hydrogen-bond donors (Lipinski definition) is 2. The van der Waals surface area contributed by atoms with E-state index < -0.39 is 12.2 Å². The molecule has 0 unspecified atom stereocenters. The van der Waals surface area contributed by atoms with Gasteiger partial charge in [-0.3, -0.25) is 9.59 Å². The van der Waals surface area contributed by atoms with Crippen molar-refractivity contribution < 1.29 is 24.5 Å². The molecular formula is C24H40O5. The van der Waals surface area contributed by atoms with Gasteiger partial charge in [0.05, 0.1) is 18.8 Å². The summed E-state index contributed by atoms with van der Waals surface area (Å²) < 4.78 is 5.12. The van der Waals surface area contributed by atoms with Gasteiger partial charge < -0.3 is 14.9 Å². The maximum absolute atomic E-state index is 12.2. The van der Waals surface area contributed by atoms with Crippen molar-refractivity contribution in [3.05, 3.63) is 24.3 Å². The molecule has 1 aliphatic carbocycles. The van der Waals surface area contributed by atoms with E-state index in [0.29, 0.717) is 19.4 Å². The standard InChI is InChI=1S/C24H40O5/c1-3-5-9-13-19(25)15-16-21-20(22(26)18-23(21)27)14-10-7-6-8-11-17-29-24(28)12-4-2/h7,10,15-16,19-21,23,25,27H,3-6,8-9,11-14,17-18H2,1-2H3/b10-7-,16-15+/t19-,20+,21+,23+/m0/s1. The Morgan fingerprint density at radius 2 is 1.97 bits per heavy atom.